The predicted molar refractivity (Wildman–Crippen MR) is 102 cm³/mol. The van der Waals surface area contributed by atoms with Crippen LogP contribution in [0.25, 0.3) is 0 Å². The number of nitrogens with one attached hydrogen (secondary N) is 2. The Hall–Kier alpha value is -2.14. The van der Waals surface area contributed by atoms with Crippen molar-refractivity contribution >= 4 is 5.91 Å². The molecule has 2 aliphatic rings. The highest BCUT2D eigenvalue weighted by atomic mass is 16.2. The number of aryl methyl sites for hydroxylation is 1. The molecule has 1 aromatic carbocycles. The Labute approximate surface area is 155 Å². The van der Waals surface area contributed by atoms with Crippen LogP contribution in [0.3, 0.4) is 0 Å². The Morgan fingerprint density at radius 3 is 2.69 bits per heavy atom. The maximum atomic E-state index is 13.2. The highest BCUT2D eigenvalue weighted by Crippen LogP contribution is 2.36. The van der Waals surface area contributed by atoms with Gasteiger partial charge in [0.2, 0.25) is 5.91 Å². The molecule has 0 bridgehead atoms. The Bertz CT molecular complexity index is 735. The van der Waals surface area contributed by atoms with E-state index in [2.05, 4.69) is 40.0 Å². The number of amides is 1. The summed E-state index contributed by atoms with van der Waals surface area (Å²) in [5, 5.41) is 11.1. The van der Waals surface area contributed by atoms with Crippen LogP contribution < -0.4 is 10.6 Å². The molecule has 1 unspecified atom stereocenters. The molecular formula is C21H28N4O. The zero-order valence-electron chi connectivity index (χ0n) is 15.4. The molecule has 1 saturated carbocycles. The number of rotatable bonds is 5. The minimum absolute atomic E-state index is 0.0354. The molecule has 0 spiro atoms. The van der Waals surface area contributed by atoms with Crippen molar-refractivity contribution in [2.75, 3.05) is 13.1 Å². The van der Waals surface area contributed by atoms with Gasteiger partial charge in [-0.3, -0.25) is 9.48 Å². The molecule has 1 aliphatic carbocycles. The van der Waals surface area contributed by atoms with Crippen LogP contribution in [0.5, 0.6) is 0 Å². The van der Waals surface area contributed by atoms with Gasteiger partial charge in [0.25, 0.3) is 0 Å². The van der Waals surface area contributed by atoms with Crippen molar-refractivity contribution in [3.05, 3.63) is 53.9 Å². The topological polar surface area (TPSA) is 59.0 Å². The fourth-order valence-electron chi connectivity index (χ4n) is 4.62. The average molecular weight is 352 g/mol. The normalized spacial score (nSPS) is 24.7. The van der Waals surface area contributed by atoms with Gasteiger partial charge in [-0.25, -0.2) is 0 Å². The van der Waals surface area contributed by atoms with Gasteiger partial charge in [0.1, 0.15) is 0 Å². The largest absolute Gasteiger partial charge is 0.349 e. The standard InChI is InChI=1S/C21H28N4O/c1-25-14-17(11-23-25)18-12-22-13-19(18)21(26)24-20(16-9-5-6-10-16)15-7-3-2-4-8-15/h2-4,7-8,11,14,16,18-20,22H,5-6,9-10,12-13H2,1H3,(H,24,26)/t18-,19+,20?/m1/s1. The molecule has 2 aromatic rings. The summed E-state index contributed by atoms with van der Waals surface area (Å²) < 4.78 is 1.81. The average Bonchev–Trinajstić information content (AvgIpc) is 3.41. The lowest BCUT2D eigenvalue weighted by Gasteiger charge is -2.28. The van der Waals surface area contributed by atoms with Crippen molar-refractivity contribution in [2.24, 2.45) is 18.9 Å². The van der Waals surface area contributed by atoms with Gasteiger partial charge in [0.05, 0.1) is 18.2 Å². The van der Waals surface area contributed by atoms with E-state index in [1.807, 2.05) is 30.2 Å². The van der Waals surface area contributed by atoms with Crippen molar-refractivity contribution in [3.8, 4) is 0 Å². The van der Waals surface area contributed by atoms with E-state index in [0.29, 0.717) is 5.92 Å². The molecule has 5 nitrogen and oxygen atoms in total. The van der Waals surface area contributed by atoms with Gasteiger partial charge in [0.15, 0.2) is 0 Å². The molecule has 4 rings (SSSR count). The van der Waals surface area contributed by atoms with E-state index < -0.39 is 0 Å². The van der Waals surface area contributed by atoms with Gasteiger partial charge in [0, 0.05) is 32.3 Å². The number of aromatic nitrogens is 2. The van der Waals surface area contributed by atoms with Gasteiger partial charge in [-0.15, -0.1) is 0 Å². The van der Waals surface area contributed by atoms with Crippen LogP contribution in [-0.2, 0) is 11.8 Å². The number of hydrogen-bond acceptors (Lipinski definition) is 3. The van der Waals surface area contributed by atoms with Crippen LogP contribution in [0.4, 0.5) is 0 Å². The summed E-state index contributed by atoms with van der Waals surface area (Å²) in [5.74, 6) is 0.882. The second-order valence-electron chi connectivity index (χ2n) is 7.76. The van der Waals surface area contributed by atoms with Crippen LogP contribution in [0, 0.1) is 11.8 Å². The van der Waals surface area contributed by atoms with E-state index in [4.69, 9.17) is 0 Å². The van der Waals surface area contributed by atoms with Crippen LogP contribution in [0.1, 0.15) is 48.8 Å². The quantitative estimate of drug-likeness (QED) is 0.870. The zero-order chi connectivity index (χ0) is 17.9. The first kappa shape index (κ1) is 17.3. The monoisotopic (exact) mass is 352 g/mol. The summed E-state index contributed by atoms with van der Waals surface area (Å²) in [6.07, 6.45) is 8.87. The van der Waals surface area contributed by atoms with E-state index in [-0.39, 0.29) is 23.8 Å². The SMILES string of the molecule is Cn1cc([C@H]2CNC[C@@H]2C(=O)NC(c2ccccc2)C2CCCC2)cn1. The van der Waals surface area contributed by atoms with Crippen molar-refractivity contribution in [2.45, 2.75) is 37.6 Å². The van der Waals surface area contributed by atoms with E-state index in [1.54, 1.807) is 0 Å². The molecule has 26 heavy (non-hydrogen) atoms. The molecule has 0 radical (unpaired) electrons. The molecule has 1 amide bonds. The second-order valence-corrected chi connectivity index (χ2v) is 7.76. The predicted octanol–water partition coefficient (Wildman–Crippen LogP) is 2.77. The van der Waals surface area contributed by atoms with Crippen LogP contribution in [0.2, 0.25) is 0 Å². The summed E-state index contributed by atoms with van der Waals surface area (Å²) in [5.41, 5.74) is 2.38. The maximum Gasteiger partial charge on any atom is 0.225 e. The molecular weight excluding hydrogens is 324 g/mol. The Kier molecular flexibility index (Phi) is 5.07. The van der Waals surface area contributed by atoms with Crippen molar-refractivity contribution in [1.82, 2.24) is 20.4 Å². The van der Waals surface area contributed by atoms with Gasteiger partial charge in [-0.1, -0.05) is 43.2 Å². The summed E-state index contributed by atoms with van der Waals surface area (Å²) in [4.78, 5) is 13.2. The van der Waals surface area contributed by atoms with Gasteiger partial charge in [-0.2, -0.15) is 5.10 Å². The Balaban J connectivity index is 1.52. The van der Waals surface area contributed by atoms with Gasteiger partial charge in [-0.05, 0) is 29.9 Å². The first-order valence-electron chi connectivity index (χ1n) is 9.77. The third-order valence-electron chi connectivity index (χ3n) is 6.03. The molecule has 1 aromatic heterocycles. The Morgan fingerprint density at radius 2 is 2.00 bits per heavy atom. The fraction of sp³-hybridized carbons (Fsp3) is 0.524. The number of benzene rings is 1. The fourth-order valence-corrected chi connectivity index (χ4v) is 4.62. The molecule has 1 saturated heterocycles. The van der Waals surface area contributed by atoms with E-state index >= 15 is 0 Å². The van der Waals surface area contributed by atoms with Crippen molar-refractivity contribution < 1.29 is 4.79 Å². The van der Waals surface area contributed by atoms with E-state index in [0.717, 1.165) is 18.7 Å². The third-order valence-corrected chi connectivity index (χ3v) is 6.03. The minimum Gasteiger partial charge on any atom is -0.349 e. The Morgan fingerprint density at radius 1 is 1.23 bits per heavy atom. The molecule has 3 atom stereocenters. The maximum absolute atomic E-state index is 13.2. The van der Waals surface area contributed by atoms with Crippen LogP contribution in [-0.4, -0.2) is 28.8 Å². The summed E-state index contributed by atoms with van der Waals surface area (Å²) >= 11 is 0. The molecule has 2 N–H and O–H groups in total. The minimum atomic E-state index is -0.0354. The molecule has 138 valence electrons. The lowest BCUT2D eigenvalue weighted by molar-refractivity contribution is -0.126. The number of carbonyl (C=O) groups is 1. The first-order chi connectivity index (χ1) is 12.7. The summed E-state index contributed by atoms with van der Waals surface area (Å²) in [6, 6.07) is 10.6. The van der Waals surface area contributed by atoms with E-state index in [1.165, 1.54) is 31.2 Å². The molecule has 5 heteroatoms. The lowest BCUT2D eigenvalue weighted by Crippen LogP contribution is -2.39. The molecule has 2 fully saturated rings. The highest BCUT2D eigenvalue weighted by molar-refractivity contribution is 5.81. The second kappa shape index (κ2) is 7.62. The first-order valence-corrected chi connectivity index (χ1v) is 9.77. The van der Waals surface area contributed by atoms with Gasteiger partial charge < -0.3 is 10.6 Å². The molecule has 2 heterocycles. The zero-order valence-corrected chi connectivity index (χ0v) is 15.4. The highest BCUT2D eigenvalue weighted by Gasteiger charge is 2.37. The molecule has 1 aliphatic heterocycles. The van der Waals surface area contributed by atoms with E-state index in [9.17, 15) is 4.79 Å². The smallest absolute Gasteiger partial charge is 0.225 e. The lowest BCUT2D eigenvalue weighted by atomic mass is 9.87. The van der Waals surface area contributed by atoms with Crippen LogP contribution >= 0.6 is 0 Å². The van der Waals surface area contributed by atoms with Gasteiger partial charge >= 0.3 is 0 Å². The summed E-state index contributed by atoms with van der Waals surface area (Å²) in [7, 11) is 1.92. The van der Waals surface area contributed by atoms with Crippen molar-refractivity contribution in [3.63, 3.8) is 0 Å². The van der Waals surface area contributed by atoms with Crippen molar-refractivity contribution in [1.29, 1.82) is 0 Å². The summed E-state index contributed by atoms with van der Waals surface area (Å²) in [6.45, 7) is 1.57. The number of carbonyl (C=O) groups excluding carboxylic acids is 1. The number of nitrogens with zero attached hydrogens (tertiary/aromatic N) is 2. The number of hydrogen-bond donors (Lipinski definition) is 2. The van der Waals surface area contributed by atoms with Crippen LogP contribution in [0.15, 0.2) is 42.7 Å². The third kappa shape index (κ3) is 3.54.